The molecule has 2 rings (SSSR count). The van der Waals surface area contributed by atoms with Crippen LogP contribution in [-0.4, -0.2) is 31.5 Å². The number of rotatable bonds is 7. The number of hydrogen-bond donors (Lipinski definition) is 1. The lowest BCUT2D eigenvalue weighted by atomic mass is 10.2. The quantitative estimate of drug-likeness (QED) is 0.355. The van der Waals surface area contributed by atoms with E-state index < -0.39 is 17.7 Å². The van der Waals surface area contributed by atoms with Gasteiger partial charge in [-0.15, -0.1) is 0 Å². The van der Waals surface area contributed by atoms with Crippen molar-refractivity contribution in [2.24, 2.45) is 0 Å². The molecule has 0 fully saturated rings. The molecule has 0 aliphatic rings. The molecule has 2 aromatic rings. The molecule has 0 aromatic heterocycles. The Balaban J connectivity index is 2.47. The highest BCUT2D eigenvalue weighted by Crippen LogP contribution is 2.34. The third-order valence-corrected chi connectivity index (χ3v) is 4.50. The van der Waals surface area contributed by atoms with Crippen molar-refractivity contribution in [2.45, 2.75) is 13.0 Å². The minimum Gasteiger partial charge on any atom is -0.394 e. The van der Waals surface area contributed by atoms with E-state index in [0.29, 0.717) is 5.69 Å². The Morgan fingerprint density at radius 3 is 2.48 bits per heavy atom. The number of hydrogen-bond acceptors (Lipinski definition) is 4. The molecular formula is C17H17ClF2INO3. The summed E-state index contributed by atoms with van der Waals surface area (Å²) in [5.74, 6) is -2.27. The maximum Gasteiger partial charge on any atom is 0.186 e. The topological polar surface area (TPSA) is 41.9 Å². The van der Waals surface area contributed by atoms with E-state index in [1.54, 1.807) is 6.07 Å². The van der Waals surface area contributed by atoms with Gasteiger partial charge in [-0.1, -0.05) is 11.6 Å². The molecule has 1 unspecified atom stereocenters. The summed E-state index contributed by atoms with van der Waals surface area (Å²) < 4.78 is 34.4. The van der Waals surface area contributed by atoms with Crippen LogP contribution in [0.1, 0.15) is 5.56 Å². The fraction of sp³-hybridized carbons (Fsp3) is 0.294. The Morgan fingerprint density at radius 1 is 1.20 bits per heavy atom. The molecule has 0 saturated carbocycles. The van der Waals surface area contributed by atoms with E-state index in [-0.39, 0.29) is 23.9 Å². The van der Waals surface area contributed by atoms with Gasteiger partial charge >= 0.3 is 0 Å². The maximum absolute atomic E-state index is 14.4. The lowest BCUT2D eigenvalue weighted by Crippen LogP contribution is -2.29. The summed E-state index contributed by atoms with van der Waals surface area (Å²) >= 11 is 7.79. The molecule has 0 heterocycles. The molecule has 0 spiro atoms. The van der Waals surface area contributed by atoms with Gasteiger partial charge in [0, 0.05) is 10.7 Å². The van der Waals surface area contributed by atoms with Crippen molar-refractivity contribution in [3.63, 3.8) is 0 Å². The van der Waals surface area contributed by atoms with Gasteiger partial charge in [-0.05, 0) is 65.4 Å². The largest absolute Gasteiger partial charge is 0.394 e. The Kier molecular flexibility index (Phi) is 7.38. The maximum atomic E-state index is 14.4. The van der Waals surface area contributed by atoms with Crippen LogP contribution in [0, 0.1) is 22.1 Å². The van der Waals surface area contributed by atoms with E-state index in [4.69, 9.17) is 21.2 Å². The Morgan fingerprint density at radius 2 is 1.88 bits per heavy atom. The SMILES string of the molecule is COC(CO)CON(c1ccc(I)cc1C)c1ccc(Cl)c(F)c1F. The van der Waals surface area contributed by atoms with Crippen LogP contribution in [0.25, 0.3) is 0 Å². The van der Waals surface area contributed by atoms with Crippen molar-refractivity contribution in [2.75, 3.05) is 25.4 Å². The van der Waals surface area contributed by atoms with Crippen molar-refractivity contribution < 1.29 is 23.5 Å². The van der Waals surface area contributed by atoms with Gasteiger partial charge in [0.25, 0.3) is 0 Å². The molecule has 136 valence electrons. The monoisotopic (exact) mass is 483 g/mol. The van der Waals surface area contributed by atoms with Crippen LogP contribution in [0.5, 0.6) is 0 Å². The highest BCUT2D eigenvalue weighted by atomic mass is 127. The molecule has 0 aliphatic carbocycles. The third kappa shape index (κ3) is 4.79. The van der Waals surface area contributed by atoms with Gasteiger partial charge in [0.1, 0.15) is 18.4 Å². The van der Waals surface area contributed by atoms with Crippen molar-refractivity contribution in [1.82, 2.24) is 0 Å². The number of nitrogens with zero attached hydrogens (tertiary/aromatic N) is 1. The normalized spacial score (nSPS) is 12.3. The Labute approximate surface area is 163 Å². The van der Waals surface area contributed by atoms with E-state index >= 15 is 0 Å². The molecule has 1 atom stereocenters. The summed E-state index contributed by atoms with van der Waals surface area (Å²) in [7, 11) is 1.42. The van der Waals surface area contributed by atoms with E-state index in [0.717, 1.165) is 9.13 Å². The first-order valence-electron chi connectivity index (χ1n) is 7.35. The number of anilines is 2. The van der Waals surface area contributed by atoms with Crippen LogP contribution >= 0.6 is 34.2 Å². The van der Waals surface area contributed by atoms with Crippen LogP contribution in [-0.2, 0) is 9.57 Å². The molecular weight excluding hydrogens is 467 g/mol. The predicted molar refractivity (Wildman–Crippen MR) is 101 cm³/mol. The average Bonchev–Trinajstić information content (AvgIpc) is 2.59. The summed E-state index contributed by atoms with van der Waals surface area (Å²) in [6, 6.07) is 8.04. The minimum atomic E-state index is -1.15. The number of aliphatic hydroxyl groups excluding tert-OH is 1. The summed E-state index contributed by atoms with van der Waals surface area (Å²) in [4.78, 5) is 5.65. The first-order chi connectivity index (χ1) is 11.9. The summed E-state index contributed by atoms with van der Waals surface area (Å²) in [6.07, 6.45) is -0.605. The van der Waals surface area contributed by atoms with Crippen LogP contribution in [0.4, 0.5) is 20.2 Å². The van der Waals surface area contributed by atoms with Gasteiger partial charge in [-0.2, -0.15) is 0 Å². The van der Waals surface area contributed by atoms with E-state index in [9.17, 15) is 13.9 Å². The Bertz CT molecular complexity index is 744. The standard InChI is InChI=1S/C17H17ClF2INO3/c1-10-7-11(21)3-5-14(10)22(25-9-12(8-23)24-2)15-6-4-13(18)16(19)17(15)20/h3-7,12,23H,8-9H2,1-2H3. The zero-order chi connectivity index (χ0) is 18.6. The van der Waals surface area contributed by atoms with Crippen LogP contribution in [0.2, 0.25) is 5.02 Å². The van der Waals surface area contributed by atoms with Gasteiger partial charge in [0.05, 0.1) is 17.3 Å². The molecule has 0 amide bonds. The van der Waals surface area contributed by atoms with Gasteiger partial charge in [-0.3, -0.25) is 4.84 Å². The number of benzene rings is 2. The summed E-state index contributed by atoms with van der Waals surface area (Å²) in [5.41, 5.74) is 1.22. The van der Waals surface area contributed by atoms with Gasteiger partial charge in [0.15, 0.2) is 11.6 Å². The van der Waals surface area contributed by atoms with Crippen molar-refractivity contribution in [3.8, 4) is 0 Å². The Hall–Kier alpha value is -1.00. The van der Waals surface area contributed by atoms with Crippen LogP contribution in [0.3, 0.4) is 0 Å². The fourth-order valence-corrected chi connectivity index (χ4v) is 2.93. The molecule has 2 aromatic carbocycles. The van der Waals surface area contributed by atoms with Crippen LogP contribution in [0.15, 0.2) is 30.3 Å². The average molecular weight is 484 g/mol. The van der Waals surface area contributed by atoms with E-state index in [1.807, 2.05) is 19.1 Å². The van der Waals surface area contributed by atoms with Crippen LogP contribution < -0.4 is 5.06 Å². The molecule has 0 saturated heterocycles. The highest BCUT2D eigenvalue weighted by Gasteiger charge is 2.22. The van der Waals surface area contributed by atoms with Gasteiger partial charge in [0.2, 0.25) is 0 Å². The van der Waals surface area contributed by atoms with E-state index in [2.05, 4.69) is 22.6 Å². The minimum absolute atomic E-state index is 0.0535. The molecule has 0 aliphatic heterocycles. The van der Waals surface area contributed by atoms with E-state index in [1.165, 1.54) is 24.3 Å². The second-order valence-electron chi connectivity index (χ2n) is 5.26. The zero-order valence-electron chi connectivity index (χ0n) is 13.6. The highest BCUT2D eigenvalue weighted by molar-refractivity contribution is 14.1. The summed E-state index contributed by atoms with van der Waals surface area (Å²) in [5, 5.41) is 10.1. The lowest BCUT2D eigenvalue weighted by Gasteiger charge is -2.27. The number of methoxy groups -OCH3 is 1. The second kappa shape index (κ2) is 9.09. The predicted octanol–water partition coefficient (Wildman–Crippen LogP) is 4.61. The molecule has 1 N–H and O–H groups in total. The fourth-order valence-electron chi connectivity index (χ4n) is 2.14. The smallest absolute Gasteiger partial charge is 0.186 e. The van der Waals surface area contributed by atoms with Crippen molar-refractivity contribution in [3.05, 3.63) is 56.1 Å². The molecule has 4 nitrogen and oxygen atoms in total. The lowest BCUT2D eigenvalue weighted by molar-refractivity contribution is -0.0204. The van der Waals surface area contributed by atoms with Gasteiger partial charge in [-0.25, -0.2) is 13.8 Å². The number of halogens is 4. The first-order valence-corrected chi connectivity index (χ1v) is 8.81. The molecule has 25 heavy (non-hydrogen) atoms. The molecule has 8 heteroatoms. The molecule has 0 radical (unpaired) electrons. The summed E-state index contributed by atoms with van der Waals surface area (Å²) in [6.45, 7) is 1.51. The number of aryl methyl sites for hydroxylation is 1. The van der Waals surface area contributed by atoms with Gasteiger partial charge < -0.3 is 9.84 Å². The zero-order valence-corrected chi connectivity index (χ0v) is 16.5. The van der Waals surface area contributed by atoms with Crippen molar-refractivity contribution in [1.29, 1.82) is 0 Å². The number of aliphatic hydroxyl groups is 1. The van der Waals surface area contributed by atoms with Crippen molar-refractivity contribution >= 4 is 45.6 Å². The third-order valence-electron chi connectivity index (χ3n) is 3.54. The molecule has 0 bridgehead atoms. The first kappa shape index (κ1) is 20.3. The second-order valence-corrected chi connectivity index (χ2v) is 6.91. The number of ether oxygens (including phenoxy) is 1.